The van der Waals surface area contributed by atoms with Crippen molar-refractivity contribution in [2.75, 3.05) is 39.8 Å². The average Bonchev–Trinajstić information content (AvgIpc) is 2.53. The van der Waals surface area contributed by atoms with Crippen LogP contribution in [0, 0.1) is 0 Å². The van der Waals surface area contributed by atoms with Gasteiger partial charge in [0.1, 0.15) is 5.60 Å². The summed E-state index contributed by atoms with van der Waals surface area (Å²) in [6.07, 6.45) is -0.197. The van der Waals surface area contributed by atoms with E-state index in [0.29, 0.717) is 13.1 Å². The van der Waals surface area contributed by atoms with Crippen molar-refractivity contribution in [3.05, 3.63) is 34.9 Å². The van der Waals surface area contributed by atoms with E-state index in [1.807, 2.05) is 45.0 Å². The highest BCUT2D eigenvalue weighted by Crippen LogP contribution is 2.26. The number of nitrogens with zero attached hydrogens (tertiary/aromatic N) is 2. The van der Waals surface area contributed by atoms with E-state index in [1.165, 1.54) is 0 Å². The lowest BCUT2D eigenvalue weighted by Crippen LogP contribution is -2.62. The molecule has 2 atom stereocenters. The minimum Gasteiger partial charge on any atom is -0.444 e. The van der Waals surface area contributed by atoms with Gasteiger partial charge in [0.05, 0.1) is 18.8 Å². The van der Waals surface area contributed by atoms with E-state index < -0.39 is 5.60 Å². The van der Waals surface area contributed by atoms with Crippen molar-refractivity contribution < 1.29 is 14.3 Å². The quantitative estimate of drug-likeness (QED) is 0.849. The largest absolute Gasteiger partial charge is 0.444 e. The number of carbonyl (C=O) groups excluding carboxylic acids is 1. The second kappa shape index (κ2) is 8.35. The zero-order valence-electron chi connectivity index (χ0n) is 16.6. The Hall–Kier alpha value is -1.34. The molecule has 0 aromatic heterocycles. The van der Waals surface area contributed by atoms with E-state index in [0.717, 1.165) is 30.3 Å². The van der Waals surface area contributed by atoms with Crippen LogP contribution in [0.2, 0.25) is 5.02 Å². The van der Waals surface area contributed by atoms with Gasteiger partial charge in [-0.15, -0.1) is 0 Å². The highest BCUT2D eigenvalue weighted by Gasteiger charge is 2.37. The lowest BCUT2D eigenvalue weighted by Gasteiger charge is -2.44. The molecule has 2 aliphatic heterocycles. The van der Waals surface area contributed by atoms with Gasteiger partial charge in [0.2, 0.25) is 0 Å². The molecule has 1 amide bonds. The van der Waals surface area contributed by atoms with Crippen LogP contribution in [-0.2, 0) is 9.47 Å². The van der Waals surface area contributed by atoms with Crippen molar-refractivity contribution in [2.24, 2.45) is 0 Å². The third kappa shape index (κ3) is 5.57. The van der Waals surface area contributed by atoms with E-state index in [9.17, 15) is 4.79 Å². The topological polar surface area (TPSA) is 54.0 Å². The summed E-state index contributed by atoms with van der Waals surface area (Å²) in [5, 5.41) is 4.40. The van der Waals surface area contributed by atoms with Gasteiger partial charge in [0.15, 0.2) is 0 Å². The highest BCUT2D eigenvalue weighted by molar-refractivity contribution is 6.30. The van der Waals surface area contributed by atoms with Crippen LogP contribution in [-0.4, -0.2) is 73.5 Å². The number of amides is 1. The molecule has 150 valence electrons. The molecule has 3 rings (SSSR count). The lowest BCUT2D eigenvalue weighted by molar-refractivity contribution is -0.0471. The Balaban J connectivity index is 1.63. The number of ether oxygens (including phenoxy) is 2. The van der Waals surface area contributed by atoms with Crippen molar-refractivity contribution in [3.63, 3.8) is 0 Å². The molecule has 2 fully saturated rings. The van der Waals surface area contributed by atoms with E-state index in [4.69, 9.17) is 21.1 Å². The fourth-order valence-corrected chi connectivity index (χ4v) is 3.54. The lowest BCUT2D eigenvalue weighted by atomic mass is 9.97. The molecule has 1 aromatic carbocycles. The second-order valence-electron chi connectivity index (χ2n) is 8.45. The third-order valence-corrected chi connectivity index (χ3v) is 5.10. The van der Waals surface area contributed by atoms with E-state index in [2.05, 4.69) is 17.3 Å². The summed E-state index contributed by atoms with van der Waals surface area (Å²) in [7, 11) is 2.11. The predicted molar refractivity (Wildman–Crippen MR) is 106 cm³/mol. The maximum absolute atomic E-state index is 12.2. The number of halogens is 1. The molecule has 2 heterocycles. The Morgan fingerprint density at radius 2 is 1.93 bits per heavy atom. The van der Waals surface area contributed by atoms with Gasteiger partial charge < -0.3 is 24.6 Å². The number of benzene rings is 1. The molecule has 0 radical (unpaired) electrons. The zero-order valence-corrected chi connectivity index (χ0v) is 17.3. The van der Waals surface area contributed by atoms with Crippen molar-refractivity contribution in [2.45, 2.75) is 44.6 Å². The fourth-order valence-electron chi connectivity index (χ4n) is 3.41. The van der Waals surface area contributed by atoms with Crippen molar-refractivity contribution in [1.82, 2.24) is 15.1 Å². The first-order valence-electron chi connectivity index (χ1n) is 9.51. The van der Waals surface area contributed by atoms with Crippen molar-refractivity contribution >= 4 is 17.7 Å². The highest BCUT2D eigenvalue weighted by atomic mass is 35.5. The molecule has 1 aromatic rings. The summed E-state index contributed by atoms with van der Waals surface area (Å²) in [4.78, 5) is 16.2. The maximum atomic E-state index is 12.2. The molecule has 0 aliphatic carbocycles. The summed E-state index contributed by atoms with van der Waals surface area (Å²) in [5.74, 6) is 0. The maximum Gasteiger partial charge on any atom is 0.410 e. The van der Waals surface area contributed by atoms with Crippen LogP contribution in [0.1, 0.15) is 32.4 Å². The molecule has 2 aliphatic rings. The van der Waals surface area contributed by atoms with Crippen molar-refractivity contribution in [1.29, 1.82) is 0 Å². The molecule has 0 unspecified atom stereocenters. The van der Waals surface area contributed by atoms with Crippen LogP contribution in [0.15, 0.2) is 24.3 Å². The molecule has 0 bridgehead atoms. The molecular weight excluding hydrogens is 366 g/mol. The summed E-state index contributed by atoms with van der Waals surface area (Å²) >= 11 is 6.06. The average molecular weight is 396 g/mol. The number of likely N-dealkylation sites (tertiary alicyclic amines) is 1. The Labute approximate surface area is 166 Å². The Kier molecular flexibility index (Phi) is 6.31. The summed E-state index contributed by atoms with van der Waals surface area (Å²) in [6, 6.07) is 8.17. The van der Waals surface area contributed by atoms with E-state index in [-0.39, 0.29) is 24.3 Å². The number of carbonyl (C=O) groups is 1. The fraction of sp³-hybridized carbons (Fsp3) is 0.650. The van der Waals surface area contributed by atoms with Crippen LogP contribution >= 0.6 is 11.6 Å². The number of likely N-dealkylation sites (N-methyl/N-ethyl adjacent to an activating group) is 1. The van der Waals surface area contributed by atoms with E-state index in [1.54, 1.807) is 4.90 Å². The molecule has 1 N–H and O–H groups in total. The van der Waals surface area contributed by atoms with Crippen LogP contribution in [0.25, 0.3) is 0 Å². The van der Waals surface area contributed by atoms with Gasteiger partial charge in [-0.1, -0.05) is 23.7 Å². The number of nitrogens with one attached hydrogen (secondary N) is 1. The summed E-state index contributed by atoms with van der Waals surface area (Å²) in [6.45, 7) is 9.46. The minimum absolute atomic E-state index is 0.0517. The van der Waals surface area contributed by atoms with Crippen LogP contribution in [0.5, 0.6) is 0 Å². The van der Waals surface area contributed by atoms with Gasteiger partial charge in [0, 0.05) is 37.2 Å². The second-order valence-corrected chi connectivity index (χ2v) is 8.89. The van der Waals surface area contributed by atoms with Crippen LogP contribution in [0.4, 0.5) is 4.79 Å². The standard InChI is InChI=1S/C20H30ClN3O3/c1-20(2,3)27-19(25)24-11-16(12-24)22-18(14-5-7-15(21)8-6-14)17-13-23(4)9-10-26-17/h5-8,16-18,22H,9-13H2,1-4H3/t17-,18-/m1/s1. The van der Waals surface area contributed by atoms with Crippen molar-refractivity contribution in [3.8, 4) is 0 Å². The molecule has 6 nitrogen and oxygen atoms in total. The minimum atomic E-state index is -0.470. The van der Waals surface area contributed by atoms with Gasteiger partial charge in [0.25, 0.3) is 0 Å². The Morgan fingerprint density at radius 3 is 2.52 bits per heavy atom. The Bertz CT molecular complexity index is 641. The van der Waals surface area contributed by atoms with Crippen LogP contribution < -0.4 is 5.32 Å². The smallest absolute Gasteiger partial charge is 0.410 e. The van der Waals surface area contributed by atoms with Gasteiger partial charge >= 0.3 is 6.09 Å². The molecule has 27 heavy (non-hydrogen) atoms. The SMILES string of the molecule is CN1CCO[C@@H]([C@H](NC2CN(C(=O)OC(C)(C)C)C2)c2ccc(Cl)cc2)C1. The van der Waals surface area contributed by atoms with Gasteiger partial charge in [-0.25, -0.2) is 4.79 Å². The molecule has 2 saturated heterocycles. The Morgan fingerprint density at radius 1 is 1.26 bits per heavy atom. The van der Waals surface area contributed by atoms with Gasteiger partial charge in [-0.05, 0) is 45.5 Å². The predicted octanol–water partition coefficient (Wildman–Crippen LogP) is 2.92. The number of morpholine rings is 1. The van der Waals surface area contributed by atoms with Crippen LogP contribution in [0.3, 0.4) is 0 Å². The first-order chi connectivity index (χ1) is 12.7. The molecule has 7 heteroatoms. The molecule has 0 spiro atoms. The number of hydrogen-bond donors (Lipinski definition) is 1. The van der Waals surface area contributed by atoms with Gasteiger partial charge in [-0.2, -0.15) is 0 Å². The number of hydrogen-bond acceptors (Lipinski definition) is 5. The van der Waals surface area contributed by atoms with Gasteiger partial charge in [-0.3, -0.25) is 0 Å². The zero-order chi connectivity index (χ0) is 19.6. The number of rotatable bonds is 4. The monoisotopic (exact) mass is 395 g/mol. The normalized spacial score (nSPS) is 23.0. The molecule has 0 saturated carbocycles. The molecular formula is C20H30ClN3O3. The van der Waals surface area contributed by atoms with E-state index >= 15 is 0 Å². The first-order valence-corrected chi connectivity index (χ1v) is 9.88. The summed E-state index contributed by atoms with van der Waals surface area (Å²) < 4.78 is 11.5. The summed E-state index contributed by atoms with van der Waals surface area (Å²) in [5.41, 5.74) is 0.678. The third-order valence-electron chi connectivity index (χ3n) is 4.85. The first kappa shape index (κ1) is 20.4.